The van der Waals surface area contributed by atoms with E-state index in [9.17, 15) is 14.4 Å². The predicted octanol–water partition coefficient (Wildman–Crippen LogP) is 4.16. The van der Waals surface area contributed by atoms with Crippen LogP contribution in [-0.2, 0) is 25.7 Å². The fourth-order valence-corrected chi connectivity index (χ4v) is 4.32. The lowest BCUT2D eigenvalue weighted by Gasteiger charge is -2.19. The number of carbonyl (C=O) groups is 3. The molecule has 180 valence electrons. The van der Waals surface area contributed by atoms with E-state index in [2.05, 4.69) is 34.9 Å². The van der Waals surface area contributed by atoms with E-state index in [0.717, 1.165) is 27.8 Å². The lowest BCUT2D eigenvalue weighted by atomic mass is 9.98. The quantitative estimate of drug-likeness (QED) is 0.323. The molecule has 4 rings (SSSR count). The molecule has 0 aliphatic heterocycles. The van der Waals surface area contributed by atoms with Gasteiger partial charge in [0.1, 0.15) is 13.2 Å². The zero-order valence-corrected chi connectivity index (χ0v) is 19.3. The van der Waals surface area contributed by atoms with Crippen LogP contribution >= 0.6 is 0 Å². The van der Waals surface area contributed by atoms with Crippen molar-refractivity contribution in [3.8, 4) is 11.1 Å². The minimum Gasteiger partial charge on any atom is -0.461 e. The van der Waals surface area contributed by atoms with E-state index in [4.69, 9.17) is 9.47 Å². The van der Waals surface area contributed by atoms with Gasteiger partial charge in [-0.1, -0.05) is 78.9 Å². The van der Waals surface area contributed by atoms with Crippen molar-refractivity contribution in [3.63, 3.8) is 0 Å². The van der Waals surface area contributed by atoms with Crippen LogP contribution in [0, 0.1) is 0 Å². The Kier molecular flexibility index (Phi) is 8.12. The summed E-state index contributed by atoms with van der Waals surface area (Å²) in [4.78, 5) is 35.5. The topological polar surface area (TPSA) is 93.7 Å². The first-order chi connectivity index (χ1) is 17.2. The van der Waals surface area contributed by atoms with Gasteiger partial charge < -0.3 is 20.1 Å². The van der Waals surface area contributed by atoms with E-state index < -0.39 is 12.1 Å². The van der Waals surface area contributed by atoms with Crippen molar-refractivity contribution in [1.82, 2.24) is 10.6 Å². The Labute approximate surface area is 204 Å². The molecule has 7 heteroatoms. The van der Waals surface area contributed by atoms with Gasteiger partial charge in [0, 0.05) is 18.9 Å². The minimum absolute atomic E-state index is 0.0485. The summed E-state index contributed by atoms with van der Waals surface area (Å²) in [7, 11) is 0. The Balaban J connectivity index is 1.29. The molecule has 0 unspecified atom stereocenters. The second-order valence-electron chi connectivity index (χ2n) is 8.38. The Morgan fingerprint density at radius 2 is 1.49 bits per heavy atom. The summed E-state index contributed by atoms with van der Waals surface area (Å²) < 4.78 is 10.9. The molecule has 3 aromatic rings. The van der Waals surface area contributed by atoms with Crippen molar-refractivity contribution in [3.05, 3.63) is 95.6 Å². The molecule has 0 saturated carbocycles. The molecule has 0 heterocycles. The maximum absolute atomic E-state index is 12.6. The average molecular weight is 473 g/mol. The van der Waals surface area contributed by atoms with Crippen LogP contribution in [0.1, 0.15) is 35.4 Å². The Bertz CT molecular complexity index is 1120. The summed E-state index contributed by atoms with van der Waals surface area (Å²) in [6.45, 7) is 0.559. The van der Waals surface area contributed by atoms with Gasteiger partial charge in [-0.2, -0.15) is 0 Å². The molecule has 2 N–H and O–H groups in total. The third kappa shape index (κ3) is 6.26. The highest BCUT2D eigenvalue weighted by molar-refractivity contribution is 5.79. The molecular formula is C28H28N2O5. The van der Waals surface area contributed by atoms with Crippen molar-refractivity contribution in [2.45, 2.75) is 31.4 Å². The number of benzene rings is 3. The second-order valence-corrected chi connectivity index (χ2v) is 8.38. The summed E-state index contributed by atoms with van der Waals surface area (Å²) in [5.74, 6) is -0.424. The first-order valence-electron chi connectivity index (χ1n) is 11.6. The fourth-order valence-electron chi connectivity index (χ4n) is 4.32. The smallest absolute Gasteiger partial charge is 0.407 e. The van der Waals surface area contributed by atoms with E-state index in [1.807, 2.05) is 54.6 Å². The maximum atomic E-state index is 12.6. The largest absolute Gasteiger partial charge is 0.461 e. The predicted molar refractivity (Wildman–Crippen MR) is 132 cm³/mol. The number of alkyl carbamates (subject to hydrolysis) is 1. The molecule has 0 saturated heterocycles. The lowest BCUT2D eigenvalue weighted by Crippen LogP contribution is -2.42. The number of fused-ring (bicyclic) bond motifs is 3. The molecule has 2 amide bonds. The molecule has 0 fully saturated rings. The summed E-state index contributed by atoms with van der Waals surface area (Å²) in [5.41, 5.74) is 5.46. The molecule has 1 aliphatic carbocycles. The van der Waals surface area contributed by atoms with Gasteiger partial charge in [-0.3, -0.25) is 9.59 Å². The van der Waals surface area contributed by atoms with Gasteiger partial charge in [-0.25, -0.2) is 4.79 Å². The summed E-state index contributed by atoms with van der Waals surface area (Å²) in [5, 5.41) is 5.32. The van der Waals surface area contributed by atoms with Crippen LogP contribution in [0.25, 0.3) is 11.1 Å². The summed E-state index contributed by atoms with van der Waals surface area (Å²) in [6.07, 6.45) is 0.364. The van der Waals surface area contributed by atoms with E-state index in [-0.39, 0.29) is 38.1 Å². The number of hydrogen-bond acceptors (Lipinski definition) is 5. The van der Waals surface area contributed by atoms with Crippen LogP contribution in [0.4, 0.5) is 4.79 Å². The van der Waals surface area contributed by atoms with E-state index in [0.29, 0.717) is 12.8 Å². The van der Waals surface area contributed by atoms with Gasteiger partial charge in [-0.05, 0) is 34.2 Å². The minimum atomic E-state index is -0.595. The van der Waals surface area contributed by atoms with Crippen molar-refractivity contribution in [2.24, 2.45) is 0 Å². The first-order valence-corrected chi connectivity index (χ1v) is 11.6. The normalized spacial score (nSPS) is 12.7. The van der Waals surface area contributed by atoms with E-state index in [1.165, 1.54) is 0 Å². The first kappa shape index (κ1) is 24.0. The third-order valence-electron chi connectivity index (χ3n) is 6.05. The summed E-state index contributed by atoms with van der Waals surface area (Å²) >= 11 is 0. The monoisotopic (exact) mass is 472 g/mol. The zero-order valence-electron chi connectivity index (χ0n) is 19.3. The van der Waals surface area contributed by atoms with Crippen LogP contribution in [0.15, 0.2) is 78.9 Å². The van der Waals surface area contributed by atoms with Crippen LogP contribution in [0.3, 0.4) is 0 Å². The van der Waals surface area contributed by atoms with E-state index in [1.54, 1.807) is 0 Å². The highest BCUT2D eigenvalue weighted by atomic mass is 16.5. The van der Waals surface area contributed by atoms with Gasteiger partial charge in [0.25, 0.3) is 0 Å². The molecule has 7 nitrogen and oxygen atoms in total. The Morgan fingerprint density at radius 3 is 2.14 bits per heavy atom. The Morgan fingerprint density at radius 1 is 0.857 bits per heavy atom. The van der Waals surface area contributed by atoms with Gasteiger partial charge in [0.15, 0.2) is 0 Å². The van der Waals surface area contributed by atoms with Gasteiger partial charge in [-0.15, -0.1) is 0 Å². The van der Waals surface area contributed by atoms with Crippen LogP contribution in [0.2, 0.25) is 0 Å². The third-order valence-corrected chi connectivity index (χ3v) is 6.05. The van der Waals surface area contributed by atoms with Crippen molar-refractivity contribution in [1.29, 1.82) is 0 Å². The molecule has 3 aromatic carbocycles. The molecule has 1 aliphatic rings. The standard InChI is InChI=1S/C28H28N2O5/c31-19-29-16-21(14-15-27(32)34-17-20-8-2-1-3-9-20)30-28(33)35-18-26-24-12-6-4-10-22(24)23-11-5-7-13-25(23)26/h1-13,19,21,26H,14-18H2,(H,29,31)(H,30,33)/t21-/m0/s1. The molecule has 35 heavy (non-hydrogen) atoms. The molecular weight excluding hydrogens is 444 g/mol. The molecule has 0 aromatic heterocycles. The maximum Gasteiger partial charge on any atom is 0.407 e. The number of ether oxygens (including phenoxy) is 2. The number of rotatable bonds is 11. The van der Waals surface area contributed by atoms with Crippen LogP contribution < -0.4 is 10.6 Å². The van der Waals surface area contributed by atoms with Crippen LogP contribution in [0.5, 0.6) is 0 Å². The number of carbonyl (C=O) groups excluding carboxylic acids is 3. The molecule has 0 bridgehead atoms. The fraction of sp³-hybridized carbons (Fsp3) is 0.250. The number of amides is 2. The molecule has 1 atom stereocenters. The number of hydrogen-bond donors (Lipinski definition) is 2. The Hall–Kier alpha value is -4.13. The van der Waals surface area contributed by atoms with Gasteiger partial charge in [0.05, 0.1) is 6.04 Å². The second kappa shape index (κ2) is 11.8. The van der Waals surface area contributed by atoms with Crippen molar-refractivity contribution < 1.29 is 23.9 Å². The zero-order chi connectivity index (χ0) is 24.5. The van der Waals surface area contributed by atoms with Crippen molar-refractivity contribution >= 4 is 18.5 Å². The highest BCUT2D eigenvalue weighted by Crippen LogP contribution is 2.44. The van der Waals surface area contributed by atoms with Gasteiger partial charge >= 0.3 is 12.1 Å². The average Bonchev–Trinajstić information content (AvgIpc) is 3.22. The van der Waals surface area contributed by atoms with Crippen molar-refractivity contribution in [2.75, 3.05) is 13.2 Å². The highest BCUT2D eigenvalue weighted by Gasteiger charge is 2.29. The van der Waals surface area contributed by atoms with Crippen LogP contribution in [-0.4, -0.2) is 37.7 Å². The summed E-state index contributed by atoms with van der Waals surface area (Å²) in [6, 6.07) is 25.2. The van der Waals surface area contributed by atoms with Gasteiger partial charge in [0.2, 0.25) is 6.41 Å². The SMILES string of the molecule is O=CNC[C@H](CCC(=O)OCc1ccccc1)NC(=O)OCC1c2ccccc2-c2ccccc21. The lowest BCUT2D eigenvalue weighted by molar-refractivity contribution is -0.145. The number of nitrogens with one attached hydrogen (secondary N) is 2. The number of esters is 1. The molecule has 0 radical (unpaired) electrons. The van der Waals surface area contributed by atoms with E-state index >= 15 is 0 Å². The molecule has 0 spiro atoms.